The summed E-state index contributed by atoms with van der Waals surface area (Å²) >= 11 is 0. The molecule has 0 radical (unpaired) electrons. The number of rotatable bonds is 3. The van der Waals surface area contributed by atoms with Crippen LogP contribution in [0, 0.1) is 0 Å². The van der Waals surface area contributed by atoms with Crippen molar-refractivity contribution in [3.05, 3.63) is 107 Å². The van der Waals surface area contributed by atoms with Crippen molar-refractivity contribution in [1.82, 2.24) is 0 Å². The molecular formula is C25H18B2O4. The average Bonchev–Trinajstić information content (AvgIpc) is 3.26. The molecule has 0 amide bonds. The molecule has 31 heavy (non-hydrogen) atoms. The summed E-state index contributed by atoms with van der Waals surface area (Å²) in [5.41, 5.74) is 8.72. The van der Waals surface area contributed by atoms with Crippen LogP contribution >= 0.6 is 0 Å². The fraction of sp³-hybridized carbons (Fsp3) is 0.0400. The van der Waals surface area contributed by atoms with E-state index in [1.54, 1.807) is 6.07 Å². The zero-order valence-corrected chi connectivity index (χ0v) is 16.6. The Morgan fingerprint density at radius 3 is 1.81 bits per heavy atom. The van der Waals surface area contributed by atoms with E-state index in [1.807, 2.05) is 54.6 Å². The highest BCUT2D eigenvalue weighted by atomic mass is 16.5. The van der Waals surface area contributed by atoms with Gasteiger partial charge < -0.3 is 19.7 Å². The second-order valence-electron chi connectivity index (χ2n) is 8.00. The van der Waals surface area contributed by atoms with E-state index in [2.05, 4.69) is 24.3 Å². The summed E-state index contributed by atoms with van der Waals surface area (Å²) in [6.45, 7) is 0. The van der Waals surface area contributed by atoms with Crippen molar-refractivity contribution in [1.29, 1.82) is 0 Å². The monoisotopic (exact) mass is 404 g/mol. The second kappa shape index (κ2) is 6.59. The minimum atomic E-state index is -1.55. The molecule has 4 aromatic rings. The van der Waals surface area contributed by atoms with Gasteiger partial charge in [0.1, 0.15) is 5.75 Å². The number of hydrogen-bond acceptors (Lipinski definition) is 4. The Balaban J connectivity index is 1.79. The summed E-state index contributed by atoms with van der Waals surface area (Å²) in [5, 5.41) is 29.2. The zero-order chi connectivity index (χ0) is 21.2. The van der Waals surface area contributed by atoms with Crippen LogP contribution in [0.15, 0.2) is 84.9 Å². The summed E-state index contributed by atoms with van der Waals surface area (Å²) in [7, 11) is -1.95. The lowest BCUT2D eigenvalue weighted by Gasteiger charge is -2.31. The Kier molecular flexibility index (Phi) is 3.93. The quantitative estimate of drug-likeness (QED) is 0.397. The van der Waals surface area contributed by atoms with Gasteiger partial charge in [0.15, 0.2) is 0 Å². The third-order valence-corrected chi connectivity index (χ3v) is 6.61. The Hall–Kier alpha value is -3.31. The van der Waals surface area contributed by atoms with E-state index in [0.717, 1.165) is 33.4 Å². The van der Waals surface area contributed by atoms with Gasteiger partial charge in [-0.3, -0.25) is 0 Å². The van der Waals surface area contributed by atoms with Crippen LogP contribution in [0.4, 0.5) is 0 Å². The van der Waals surface area contributed by atoms with Crippen LogP contribution in [-0.2, 0) is 5.41 Å². The normalized spacial score (nSPS) is 13.9. The fourth-order valence-corrected chi connectivity index (χ4v) is 5.46. The Morgan fingerprint density at radius 1 is 0.645 bits per heavy atom. The van der Waals surface area contributed by atoms with E-state index in [-0.39, 0.29) is 0 Å². The van der Waals surface area contributed by atoms with Crippen LogP contribution in [0.2, 0.25) is 0 Å². The van der Waals surface area contributed by atoms with Gasteiger partial charge in [0, 0.05) is 0 Å². The van der Waals surface area contributed by atoms with Crippen LogP contribution < -0.4 is 10.1 Å². The molecule has 4 nitrogen and oxygen atoms in total. The van der Waals surface area contributed by atoms with Gasteiger partial charge in [-0.05, 0) is 62.1 Å². The third kappa shape index (κ3) is 2.32. The van der Waals surface area contributed by atoms with Crippen LogP contribution in [0.1, 0.15) is 22.3 Å². The van der Waals surface area contributed by atoms with Crippen LogP contribution in [0.5, 0.6) is 5.75 Å². The molecule has 2 aliphatic carbocycles. The van der Waals surface area contributed by atoms with Gasteiger partial charge in [0.2, 0.25) is 0 Å². The minimum absolute atomic E-state index is 0.396. The van der Waals surface area contributed by atoms with Crippen molar-refractivity contribution in [2.75, 3.05) is 0 Å². The molecule has 2 aliphatic rings. The smallest absolute Gasteiger partial charge is 0.504 e. The van der Waals surface area contributed by atoms with E-state index in [0.29, 0.717) is 11.2 Å². The summed E-state index contributed by atoms with van der Waals surface area (Å²) in [6, 6.07) is 28.3. The van der Waals surface area contributed by atoms with Gasteiger partial charge in [-0.1, -0.05) is 72.8 Å². The molecule has 0 saturated carbocycles. The summed E-state index contributed by atoms with van der Waals surface area (Å²) in [5.74, 6) is 0.595. The van der Waals surface area contributed by atoms with Gasteiger partial charge >= 0.3 is 14.8 Å². The summed E-state index contributed by atoms with van der Waals surface area (Å²) in [4.78, 5) is 0. The highest BCUT2D eigenvalue weighted by Gasteiger charge is 2.51. The largest absolute Gasteiger partial charge is 0.539 e. The summed E-state index contributed by atoms with van der Waals surface area (Å²) < 4.78 is 5.45. The first-order valence-electron chi connectivity index (χ1n) is 10.2. The predicted molar refractivity (Wildman–Crippen MR) is 123 cm³/mol. The molecule has 0 saturated heterocycles. The highest BCUT2D eigenvalue weighted by Crippen LogP contribution is 2.62. The van der Waals surface area contributed by atoms with Crippen molar-refractivity contribution in [3.63, 3.8) is 0 Å². The molecule has 0 bridgehead atoms. The molecule has 0 aromatic heterocycles. The second-order valence-corrected chi connectivity index (χ2v) is 8.00. The highest BCUT2D eigenvalue weighted by molar-refractivity contribution is 6.58. The molecule has 148 valence electrons. The molecule has 0 fully saturated rings. The Morgan fingerprint density at radius 2 is 1.19 bits per heavy atom. The van der Waals surface area contributed by atoms with Crippen molar-refractivity contribution in [2.24, 2.45) is 0 Å². The zero-order valence-electron chi connectivity index (χ0n) is 16.6. The molecule has 6 heteroatoms. The number of hydrogen-bond donors (Lipinski definition) is 3. The van der Waals surface area contributed by atoms with E-state index in [1.165, 1.54) is 11.1 Å². The van der Waals surface area contributed by atoms with E-state index < -0.39 is 20.2 Å². The van der Waals surface area contributed by atoms with Gasteiger partial charge in [-0.2, -0.15) is 0 Å². The molecule has 0 atom stereocenters. The van der Waals surface area contributed by atoms with Gasteiger partial charge in [0.05, 0.1) is 5.41 Å². The predicted octanol–water partition coefficient (Wildman–Crippen LogP) is 2.35. The maximum Gasteiger partial charge on any atom is 0.504 e. The fourth-order valence-electron chi connectivity index (χ4n) is 5.46. The van der Waals surface area contributed by atoms with Crippen LogP contribution in [-0.4, -0.2) is 29.9 Å². The van der Waals surface area contributed by atoms with Gasteiger partial charge in [-0.25, -0.2) is 0 Å². The van der Waals surface area contributed by atoms with Crippen molar-refractivity contribution in [3.8, 4) is 28.0 Å². The van der Waals surface area contributed by atoms with E-state index in [9.17, 15) is 15.1 Å². The lowest BCUT2D eigenvalue weighted by molar-refractivity contribution is 0.425. The van der Waals surface area contributed by atoms with Gasteiger partial charge in [0.25, 0.3) is 0 Å². The molecular weight excluding hydrogens is 386 g/mol. The lowest BCUT2D eigenvalue weighted by atomic mass is 9.68. The summed E-state index contributed by atoms with van der Waals surface area (Å²) in [6.07, 6.45) is 0. The maximum atomic E-state index is 9.92. The molecule has 0 heterocycles. The Labute approximate surface area is 180 Å². The maximum absolute atomic E-state index is 9.92. The van der Waals surface area contributed by atoms with E-state index >= 15 is 0 Å². The Bertz CT molecular complexity index is 1300. The topological polar surface area (TPSA) is 69.9 Å². The van der Waals surface area contributed by atoms with Crippen LogP contribution in [0.25, 0.3) is 22.3 Å². The lowest BCUT2D eigenvalue weighted by Crippen LogP contribution is -2.33. The molecule has 3 N–H and O–H groups in total. The van der Waals surface area contributed by atoms with Crippen molar-refractivity contribution >= 4 is 20.3 Å². The first kappa shape index (κ1) is 18.5. The number of benzene rings is 4. The first-order valence-corrected chi connectivity index (χ1v) is 10.2. The van der Waals surface area contributed by atoms with Crippen LogP contribution in [0.3, 0.4) is 0 Å². The van der Waals surface area contributed by atoms with Crippen molar-refractivity contribution < 1.29 is 19.7 Å². The molecule has 0 unspecified atom stereocenters. The standard InChI is InChI=1S/C25H18B2O4/c28-26-31-16-10-12-20-19-11-9-15(27(29)30)13-23(19)25(24(20)14-16)21-7-3-1-5-17(21)18-6-2-4-8-22(18)25/h1-14,26,28-30H. The number of fused-ring (bicyclic) bond motifs is 10. The average molecular weight is 404 g/mol. The molecule has 1 spiro atoms. The molecule has 0 aliphatic heterocycles. The van der Waals surface area contributed by atoms with Crippen molar-refractivity contribution in [2.45, 2.75) is 5.41 Å². The molecule has 6 rings (SSSR count). The van der Waals surface area contributed by atoms with Gasteiger partial charge in [-0.15, -0.1) is 0 Å². The third-order valence-electron chi connectivity index (χ3n) is 6.61. The molecule has 4 aromatic carbocycles. The SMILES string of the molecule is OBOc1ccc2c(c1)C1(c3ccccc3-c3ccccc31)c1cc(B(O)O)ccc1-2. The minimum Gasteiger partial charge on any atom is -0.539 e. The van der Waals surface area contributed by atoms with E-state index in [4.69, 9.17) is 4.65 Å². The first-order chi connectivity index (χ1) is 15.2.